The number of aliphatic hydroxyl groups is 2. The van der Waals surface area contributed by atoms with Gasteiger partial charge in [-0.2, -0.15) is 0 Å². The van der Waals surface area contributed by atoms with E-state index in [1.165, 1.54) is 29.4 Å². The molecule has 0 saturated heterocycles. The average molecular weight is 1310 g/mol. The second kappa shape index (κ2) is 54.4. The van der Waals surface area contributed by atoms with Gasteiger partial charge in [-0.25, -0.2) is 0 Å². The van der Waals surface area contributed by atoms with Crippen molar-refractivity contribution in [2.24, 2.45) is 41.2 Å². The van der Waals surface area contributed by atoms with Crippen LogP contribution in [0.25, 0.3) is 0 Å². The van der Waals surface area contributed by atoms with Gasteiger partial charge in [0, 0.05) is 39.3 Å². The number of ether oxygens (including phenoxy) is 2. The molecule has 21 heteroatoms. The van der Waals surface area contributed by atoms with Gasteiger partial charge in [0.1, 0.15) is 0 Å². The molecule has 6 unspecified atom stereocenters. The van der Waals surface area contributed by atoms with Crippen LogP contribution in [0.5, 0.6) is 0 Å². The number of aliphatic hydroxyl groups excluding tert-OH is 2. The van der Waals surface area contributed by atoms with E-state index in [1.54, 1.807) is 0 Å². The van der Waals surface area contributed by atoms with E-state index >= 15 is 14.4 Å². The number of carbonyl (C=O) groups is 9. The van der Waals surface area contributed by atoms with Gasteiger partial charge < -0.3 is 60.1 Å². The second-order valence-corrected chi connectivity index (χ2v) is 25.8. The lowest BCUT2D eigenvalue weighted by atomic mass is 9.98. The standard InChI is InChI=1S/C71H134N8O13/c1-13-25-33-56(19-7)44-76(48-63(72)82)67(86)49-74(39-31-41-91-70(89)60(23-11)37-29-17-5)66(85)52-78(46-58(21-9)35-27-15-3)69(88)53-79(47-59(22-10)36-28-16-4)68(87)50-75(40-32-42-92-71(90)61(24-12)38-30-18-6)65(84)51-77(45-57(20-8)34-26-14-2)64(83)43-73-62(54-80)55-81/h56-62,73,80-81H,13-55H2,1-12H3,(H2,72,82). The monoisotopic (exact) mass is 1310 g/mol. The Balaban J connectivity index is 7.89. The number of amides is 7. The molecule has 21 nitrogen and oxygen atoms in total. The Morgan fingerprint density at radius 2 is 0.630 bits per heavy atom. The fraction of sp³-hybridized carbons (Fsp3) is 0.873. The first-order valence-electron chi connectivity index (χ1n) is 36.4. The number of hydrogen-bond donors (Lipinski definition) is 4. The third-order valence-corrected chi connectivity index (χ3v) is 18.3. The maximum Gasteiger partial charge on any atom is 0.308 e. The number of rotatable bonds is 59. The van der Waals surface area contributed by atoms with Crippen LogP contribution < -0.4 is 11.1 Å². The Hall–Kier alpha value is -4.89. The van der Waals surface area contributed by atoms with Crippen molar-refractivity contribution in [3.8, 4) is 0 Å². The highest BCUT2D eigenvalue weighted by Crippen LogP contribution is 2.22. The van der Waals surface area contributed by atoms with Crippen molar-refractivity contribution in [1.29, 1.82) is 0 Å². The lowest BCUT2D eigenvalue weighted by Gasteiger charge is -2.35. The molecule has 0 rings (SSSR count). The number of unbranched alkanes of at least 4 members (excludes halogenated alkanes) is 6. The quantitative estimate of drug-likeness (QED) is 0.0326. The van der Waals surface area contributed by atoms with Gasteiger partial charge in [0.25, 0.3) is 0 Å². The summed E-state index contributed by atoms with van der Waals surface area (Å²) in [7, 11) is 0. The number of nitrogens with zero attached hydrogens (tertiary/aromatic N) is 6. The number of esters is 2. The molecule has 0 fully saturated rings. The van der Waals surface area contributed by atoms with E-state index in [0.717, 1.165) is 116 Å². The first-order chi connectivity index (χ1) is 44.2. The molecule has 6 atom stereocenters. The van der Waals surface area contributed by atoms with Gasteiger partial charge in [-0.1, -0.05) is 186 Å². The highest BCUT2D eigenvalue weighted by Gasteiger charge is 2.33. The van der Waals surface area contributed by atoms with Crippen LogP contribution in [-0.2, 0) is 52.6 Å². The molecule has 7 amide bonds. The molecule has 0 heterocycles. The molecular formula is C71H134N8O13. The number of primary amides is 1. The predicted octanol–water partition coefficient (Wildman–Crippen LogP) is 9.55. The van der Waals surface area contributed by atoms with Gasteiger partial charge in [-0.3, -0.25) is 43.2 Å². The second-order valence-electron chi connectivity index (χ2n) is 25.8. The van der Waals surface area contributed by atoms with E-state index in [4.69, 9.17) is 15.2 Å². The zero-order chi connectivity index (χ0) is 69.2. The summed E-state index contributed by atoms with van der Waals surface area (Å²) in [4.78, 5) is 137. The Kier molecular flexibility index (Phi) is 51.5. The predicted molar refractivity (Wildman–Crippen MR) is 366 cm³/mol. The van der Waals surface area contributed by atoms with Crippen molar-refractivity contribution < 1.29 is 62.8 Å². The molecule has 0 bridgehead atoms. The molecule has 0 aromatic rings. The highest BCUT2D eigenvalue weighted by molar-refractivity contribution is 5.93. The summed E-state index contributed by atoms with van der Waals surface area (Å²) < 4.78 is 11.5. The normalized spacial score (nSPS) is 13.3. The zero-order valence-electron chi connectivity index (χ0n) is 60.1. The van der Waals surface area contributed by atoms with Gasteiger partial charge in [0.2, 0.25) is 41.4 Å². The molecule has 0 radical (unpaired) electrons. The molecule has 536 valence electrons. The van der Waals surface area contributed by atoms with Crippen molar-refractivity contribution in [2.75, 3.05) is 112 Å². The molecule has 0 aliphatic carbocycles. The van der Waals surface area contributed by atoms with Crippen LogP contribution in [-0.4, -0.2) is 210 Å². The van der Waals surface area contributed by atoms with E-state index in [2.05, 4.69) is 46.9 Å². The van der Waals surface area contributed by atoms with Crippen LogP contribution >= 0.6 is 0 Å². The van der Waals surface area contributed by atoms with Gasteiger partial charge in [-0.05, 0) is 87.9 Å². The van der Waals surface area contributed by atoms with Crippen LogP contribution in [0.15, 0.2) is 0 Å². The van der Waals surface area contributed by atoms with Gasteiger partial charge >= 0.3 is 11.9 Å². The van der Waals surface area contributed by atoms with Crippen molar-refractivity contribution in [2.45, 2.75) is 256 Å². The minimum absolute atomic E-state index is 0.000666. The zero-order valence-corrected chi connectivity index (χ0v) is 60.1. The number of nitrogens with two attached hydrogens (primary N) is 1. The third kappa shape index (κ3) is 37.9. The molecule has 0 saturated carbocycles. The summed E-state index contributed by atoms with van der Waals surface area (Å²) in [5, 5.41) is 22.5. The summed E-state index contributed by atoms with van der Waals surface area (Å²) >= 11 is 0. The molecule has 92 heavy (non-hydrogen) atoms. The highest BCUT2D eigenvalue weighted by atomic mass is 16.5. The van der Waals surface area contributed by atoms with Crippen LogP contribution in [0.4, 0.5) is 0 Å². The molecule has 0 aromatic carbocycles. The van der Waals surface area contributed by atoms with E-state index < -0.39 is 86.8 Å². The van der Waals surface area contributed by atoms with Crippen LogP contribution in [0.3, 0.4) is 0 Å². The summed E-state index contributed by atoms with van der Waals surface area (Å²) in [6.45, 7) is 21.8. The average Bonchev–Trinajstić information content (AvgIpc) is 1.56. The minimum Gasteiger partial charge on any atom is -0.465 e. The lowest BCUT2D eigenvalue weighted by Crippen LogP contribution is -2.53. The summed E-state index contributed by atoms with van der Waals surface area (Å²) in [6.07, 6.45) is 20.0. The first-order valence-corrected chi connectivity index (χ1v) is 36.4. The molecule has 0 aliphatic rings. The van der Waals surface area contributed by atoms with Crippen LogP contribution in [0.1, 0.15) is 250 Å². The summed E-state index contributed by atoms with van der Waals surface area (Å²) in [5.74, 6) is -4.73. The minimum atomic E-state index is -0.759. The van der Waals surface area contributed by atoms with Crippen molar-refractivity contribution in [3.63, 3.8) is 0 Å². The topological polar surface area (TPSA) is 270 Å². The Morgan fingerprint density at radius 3 is 0.902 bits per heavy atom. The van der Waals surface area contributed by atoms with E-state index in [-0.39, 0.29) is 132 Å². The molecule has 5 N–H and O–H groups in total. The lowest BCUT2D eigenvalue weighted by molar-refractivity contribution is -0.151. The number of nitrogens with one attached hydrogen (secondary N) is 1. The van der Waals surface area contributed by atoms with Crippen molar-refractivity contribution >= 4 is 53.3 Å². The molecular weight excluding hydrogens is 1170 g/mol. The number of hydrogen-bond acceptors (Lipinski definition) is 14. The SMILES string of the molecule is CCCCC(CC)CN(CC(N)=O)C(=O)CN(CCCOC(=O)C(CC)CCCC)C(=O)CN(CC(CC)CCCC)C(=O)CN(CC(CC)CCCC)C(=O)CN(CCCOC(=O)C(CC)CCCC)C(=O)CN(CC(CC)CCCC)C(=O)CNC(CO)CO. The fourth-order valence-electron chi connectivity index (χ4n) is 11.5. The maximum atomic E-state index is 15.4. The molecule has 0 spiro atoms. The van der Waals surface area contributed by atoms with E-state index in [0.29, 0.717) is 38.5 Å². The number of carbonyl (C=O) groups excluding carboxylic acids is 9. The van der Waals surface area contributed by atoms with E-state index in [1.807, 2.05) is 41.5 Å². The molecule has 0 aliphatic heterocycles. The van der Waals surface area contributed by atoms with Gasteiger partial charge in [0.15, 0.2) is 0 Å². The summed E-state index contributed by atoms with van der Waals surface area (Å²) in [6, 6.07) is -0.759. The first kappa shape index (κ1) is 87.1. The van der Waals surface area contributed by atoms with Gasteiger partial charge in [0.05, 0.1) is 90.1 Å². The smallest absolute Gasteiger partial charge is 0.308 e. The third-order valence-electron chi connectivity index (χ3n) is 18.3. The van der Waals surface area contributed by atoms with E-state index in [9.17, 15) is 39.0 Å². The van der Waals surface area contributed by atoms with Crippen molar-refractivity contribution in [1.82, 2.24) is 34.7 Å². The molecule has 0 aromatic heterocycles. The largest absolute Gasteiger partial charge is 0.465 e. The Labute approximate surface area is 557 Å². The summed E-state index contributed by atoms with van der Waals surface area (Å²) in [5.41, 5.74) is 5.74. The van der Waals surface area contributed by atoms with Crippen molar-refractivity contribution in [3.05, 3.63) is 0 Å². The Morgan fingerprint density at radius 1 is 0.359 bits per heavy atom. The van der Waals surface area contributed by atoms with Gasteiger partial charge in [-0.15, -0.1) is 0 Å². The Bertz CT molecular complexity index is 2030. The van der Waals surface area contributed by atoms with Crippen LogP contribution in [0, 0.1) is 35.5 Å². The van der Waals surface area contributed by atoms with Crippen LogP contribution in [0.2, 0.25) is 0 Å². The maximum absolute atomic E-state index is 15.4. The fourth-order valence-corrected chi connectivity index (χ4v) is 11.5.